The first-order chi connectivity index (χ1) is 8.35. The summed E-state index contributed by atoms with van der Waals surface area (Å²) in [6.07, 6.45) is 14.2. The molecule has 100 valence electrons. The molecule has 2 saturated carbocycles. The monoisotopic (exact) mass is 238 g/mol. The molecule has 3 atom stereocenters. The molecule has 2 heteroatoms. The van der Waals surface area contributed by atoms with Crippen LogP contribution in [0.1, 0.15) is 71.1 Å². The molecule has 0 spiro atoms. The Morgan fingerprint density at radius 3 is 2.35 bits per heavy atom. The summed E-state index contributed by atoms with van der Waals surface area (Å²) in [6.45, 7) is 2.35. The van der Waals surface area contributed by atoms with Gasteiger partial charge in [0, 0.05) is 6.04 Å². The lowest BCUT2D eigenvalue weighted by molar-refractivity contribution is 0.157. The first kappa shape index (κ1) is 13.4. The van der Waals surface area contributed by atoms with Gasteiger partial charge in [-0.25, -0.2) is 0 Å². The highest BCUT2D eigenvalue weighted by Crippen LogP contribution is 2.38. The van der Waals surface area contributed by atoms with Gasteiger partial charge in [-0.05, 0) is 30.6 Å². The van der Waals surface area contributed by atoms with E-state index in [0.29, 0.717) is 6.04 Å². The van der Waals surface area contributed by atoms with Crippen LogP contribution in [-0.2, 0) is 0 Å². The fraction of sp³-hybridized carbons (Fsp3) is 1.00. The third kappa shape index (κ3) is 3.45. The summed E-state index contributed by atoms with van der Waals surface area (Å²) in [7, 11) is 0. The molecule has 17 heavy (non-hydrogen) atoms. The van der Waals surface area contributed by atoms with E-state index >= 15 is 0 Å². The molecule has 0 amide bonds. The van der Waals surface area contributed by atoms with E-state index in [1.54, 1.807) is 0 Å². The molecule has 2 fully saturated rings. The van der Waals surface area contributed by atoms with Gasteiger partial charge >= 0.3 is 0 Å². The van der Waals surface area contributed by atoms with Crippen LogP contribution >= 0.6 is 0 Å². The lowest BCUT2D eigenvalue weighted by Gasteiger charge is -2.37. The van der Waals surface area contributed by atoms with Gasteiger partial charge in [0.25, 0.3) is 0 Å². The number of hydrogen-bond donors (Lipinski definition) is 2. The number of hydrazine groups is 1. The molecule has 0 aromatic carbocycles. The Kier molecular flexibility index (Phi) is 5.30. The summed E-state index contributed by atoms with van der Waals surface area (Å²) in [5.41, 5.74) is 3.16. The second kappa shape index (κ2) is 6.75. The highest BCUT2D eigenvalue weighted by Gasteiger charge is 2.32. The Morgan fingerprint density at radius 1 is 1.06 bits per heavy atom. The molecule has 2 nitrogen and oxygen atoms in total. The summed E-state index contributed by atoms with van der Waals surface area (Å²) < 4.78 is 0. The summed E-state index contributed by atoms with van der Waals surface area (Å²) in [6, 6.07) is 0.586. The van der Waals surface area contributed by atoms with Crippen LogP contribution in [0, 0.1) is 17.8 Å². The van der Waals surface area contributed by atoms with E-state index in [4.69, 9.17) is 5.84 Å². The average molecular weight is 238 g/mol. The standard InChI is InChI=1S/C15H30N2/c1-2-13-9-5-6-10-14(13)15(17-16)11-12-7-3-4-8-12/h12-15,17H,2-11,16H2,1H3. The average Bonchev–Trinajstić information content (AvgIpc) is 2.89. The molecule has 0 heterocycles. The Hall–Kier alpha value is -0.0800. The van der Waals surface area contributed by atoms with Crippen molar-refractivity contribution >= 4 is 0 Å². The number of nitrogens with one attached hydrogen (secondary N) is 1. The fourth-order valence-electron chi connectivity index (χ4n) is 4.24. The van der Waals surface area contributed by atoms with Crippen LogP contribution in [0.2, 0.25) is 0 Å². The topological polar surface area (TPSA) is 38.0 Å². The minimum absolute atomic E-state index is 0.586. The van der Waals surface area contributed by atoms with Gasteiger partial charge in [-0.15, -0.1) is 0 Å². The van der Waals surface area contributed by atoms with Gasteiger partial charge in [-0.1, -0.05) is 58.3 Å². The van der Waals surface area contributed by atoms with Crippen molar-refractivity contribution in [3.8, 4) is 0 Å². The van der Waals surface area contributed by atoms with Crippen LogP contribution < -0.4 is 11.3 Å². The molecule has 2 aliphatic rings. The minimum atomic E-state index is 0.586. The number of hydrogen-bond acceptors (Lipinski definition) is 2. The predicted molar refractivity (Wildman–Crippen MR) is 73.4 cm³/mol. The van der Waals surface area contributed by atoms with Gasteiger partial charge < -0.3 is 0 Å². The summed E-state index contributed by atoms with van der Waals surface area (Å²) in [4.78, 5) is 0. The lowest BCUT2D eigenvalue weighted by atomic mass is 9.72. The second-order valence-corrected chi connectivity index (χ2v) is 6.28. The molecule has 0 aliphatic heterocycles. The second-order valence-electron chi connectivity index (χ2n) is 6.28. The molecule has 3 N–H and O–H groups in total. The molecule has 3 unspecified atom stereocenters. The third-order valence-corrected chi connectivity index (χ3v) is 5.29. The highest BCUT2D eigenvalue weighted by atomic mass is 15.2. The SMILES string of the molecule is CCC1CCCCC1C(CC1CCCC1)NN. The van der Waals surface area contributed by atoms with Crippen LogP contribution in [0.4, 0.5) is 0 Å². The van der Waals surface area contributed by atoms with Crippen LogP contribution in [0.25, 0.3) is 0 Å². The fourth-order valence-corrected chi connectivity index (χ4v) is 4.24. The van der Waals surface area contributed by atoms with Crippen molar-refractivity contribution in [2.24, 2.45) is 23.6 Å². The Balaban J connectivity index is 1.90. The van der Waals surface area contributed by atoms with Crippen molar-refractivity contribution in [3.05, 3.63) is 0 Å². The molecule has 0 saturated heterocycles. The zero-order valence-corrected chi connectivity index (χ0v) is 11.5. The van der Waals surface area contributed by atoms with Crippen molar-refractivity contribution < 1.29 is 0 Å². The van der Waals surface area contributed by atoms with Crippen molar-refractivity contribution in [2.45, 2.75) is 77.2 Å². The van der Waals surface area contributed by atoms with E-state index in [-0.39, 0.29) is 0 Å². The van der Waals surface area contributed by atoms with E-state index < -0.39 is 0 Å². The Morgan fingerprint density at radius 2 is 1.71 bits per heavy atom. The summed E-state index contributed by atoms with van der Waals surface area (Å²) in [5, 5.41) is 0. The molecule has 2 aliphatic carbocycles. The molecule has 0 aromatic rings. The van der Waals surface area contributed by atoms with E-state index in [1.165, 1.54) is 64.2 Å². The molecule has 2 rings (SSSR count). The predicted octanol–water partition coefficient (Wildman–Crippen LogP) is 3.62. The molecular formula is C15H30N2. The van der Waals surface area contributed by atoms with Gasteiger partial charge in [-0.2, -0.15) is 0 Å². The quantitative estimate of drug-likeness (QED) is 0.567. The van der Waals surface area contributed by atoms with Crippen LogP contribution in [-0.4, -0.2) is 6.04 Å². The maximum absolute atomic E-state index is 5.85. The van der Waals surface area contributed by atoms with Crippen molar-refractivity contribution in [2.75, 3.05) is 0 Å². The van der Waals surface area contributed by atoms with Crippen LogP contribution in [0.5, 0.6) is 0 Å². The Bertz CT molecular complexity index is 211. The highest BCUT2D eigenvalue weighted by molar-refractivity contribution is 4.86. The van der Waals surface area contributed by atoms with Crippen molar-refractivity contribution in [1.82, 2.24) is 5.43 Å². The minimum Gasteiger partial charge on any atom is -0.271 e. The van der Waals surface area contributed by atoms with Gasteiger partial charge in [-0.3, -0.25) is 11.3 Å². The van der Waals surface area contributed by atoms with Crippen molar-refractivity contribution in [3.63, 3.8) is 0 Å². The first-order valence-corrected chi connectivity index (χ1v) is 7.81. The first-order valence-electron chi connectivity index (χ1n) is 7.81. The van der Waals surface area contributed by atoms with E-state index in [2.05, 4.69) is 12.3 Å². The largest absolute Gasteiger partial charge is 0.271 e. The zero-order valence-electron chi connectivity index (χ0n) is 11.5. The maximum atomic E-state index is 5.85. The zero-order chi connectivity index (χ0) is 12.1. The third-order valence-electron chi connectivity index (χ3n) is 5.29. The normalized spacial score (nSPS) is 32.8. The van der Waals surface area contributed by atoms with Crippen molar-refractivity contribution in [1.29, 1.82) is 0 Å². The van der Waals surface area contributed by atoms with E-state index in [0.717, 1.165) is 17.8 Å². The maximum Gasteiger partial charge on any atom is 0.0244 e. The Labute approximate surface area is 107 Å². The molecular weight excluding hydrogens is 208 g/mol. The summed E-state index contributed by atoms with van der Waals surface area (Å²) >= 11 is 0. The van der Waals surface area contributed by atoms with E-state index in [1.807, 2.05) is 0 Å². The summed E-state index contributed by atoms with van der Waals surface area (Å²) in [5.74, 6) is 8.57. The van der Waals surface area contributed by atoms with E-state index in [9.17, 15) is 0 Å². The lowest BCUT2D eigenvalue weighted by Crippen LogP contribution is -2.45. The molecule has 0 bridgehead atoms. The van der Waals surface area contributed by atoms with Crippen LogP contribution in [0.3, 0.4) is 0 Å². The van der Waals surface area contributed by atoms with Gasteiger partial charge in [0.05, 0.1) is 0 Å². The van der Waals surface area contributed by atoms with Crippen LogP contribution in [0.15, 0.2) is 0 Å². The van der Waals surface area contributed by atoms with Gasteiger partial charge in [0.1, 0.15) is 0 Å². The smallest absolute Gasteiger partial charge is 0.0244 e. The molecule has 0 radical (unpaired) electrons. The number of rotatable bonds is 5. The van der Waals surface area contributed by atoms with Gasteiger partial charge in [0.15, 0.2) is 0 Å². The van der Waals surface area contributed by atoms with Gasteiger partial charge in [0.2, 0.25) is 0 Å². The number of nitrogens with two attached hydrogens (primary N) is 1. The molecule has 0 aromatic heterocycles.